The number of rotatable bonds is 3. The Hall–Kier alpha value is -1.26. The van der Waals surface area contributed by atoms with E-state index in [4.69, 9.17) is 19.9 Å². The molecule has 4 nitrogen and oxygen atoms in total. The van der Waals surface area contributed by atoms with Gasteiger partial charge in [0.2, 0.25) is 0 Å². The molecule has 1 saturated heterocycles. The van der Waals surface area contributed by atoms with E-state index in [1.807, 2.05) is 6.92 Å². The van der Waals surface area contributed by atoms with Gasteiger partial charge >= 0.3 is 0 Å². The van der Waals surface area contributed by atoms with E-state index < -0.39 is 0 Å². The smallest absolute Gasteiger partial charge is 0.125 e. The number of nitrogens with two attached hydrogens (primary N) is 1. The molecule has 1 aromatic carbocycles. The fourth-order valence-corrected chi connectivity index (χ4v) is 3.03. The van der Waals surface area contributed by atoms with Crippen molar-refractivity contribution in [2.75, 3.05) is 13.2 Å². The summed E-state index contributed by atoms with van der Waals surface area (Å²) in [5.74, 6) is 1.89. The zero-order chi connectivity index (χ0) is 14.1. The maximum absolute atomic E-state index is 6.07. The van der Waals surface area contributed by atoms with Crippen LogP contribution in [-0.4, -0.2) is 25.4 Å². The van der Waals surface area contributed by atoms with Crippen LogP contribution >= 0.6 is 0 Å². The predicted molar refractivity (Wildman–Crippen MR) is 77.3 cm³/mol. The summed E-state index contributed by atoms with van der Waals surface area (Å²) in [6.07, 6.45) is 2.98. The average Bonchev–Trinajstić information content (AvgIpc) is 2.77. The topological polar surface area (TPSA) is 53.7 Å². The Labute approximate surface area is 120 Å². The number of benzene rings is 1. The van der Waals surface area contributed by atoms with Crippen molar-refractivity contribution in [1.82, 2.24) is 0 Å². The maximum atomic E-state index is 6.07. The summed E-state index contributed by atoms with van der Waals surface area (Å²) in [5, 5.41) is 0. The number of ether oxygens (including phenoxy) is 3. The Kier molecular flexibility index (Phi) is 3.85. The molecule has 0 aliphatic carbocycles. The Morgan fingerprint density at radius 3 is 3.00 bits per heavy atom. The summed E-state index contributed by atoms with van der Waals surface area (Å²) in [4.78, 5) is 0. The summed E-state index contributed by atoms with van der Waals surface area (Å²) in [6.45, 7) is 5.46. The molecule has 0 aromatic heterocycles. The highest BCUT2D eigenvalue weighted by Crippen LogP contribution is 2.40. The number of fused-ring (bicyclic) bond motifs is 1. The van der Waals surface area contributed by atoms with Crippen LogP contribution in [0.3, 0.4) is 0 Å². The van der Waals surface area contributed by atoms with Crippen molar-refractivity contribution < 1.29 is 14.2 Å². The first-order valence-electron chi connectivity index (χ1n) is 7.50. The zero-order valence-corrected chi connectivity index (χ0v) is 12.2. The van der Waals surface area contributed by atoms with Crippen LogP contribution in [0.2, 0.25) is 0 Å². The first-order chi connectivity index (χ1) is 9.67. The molecule has 2 N–H and O–H groups in total. The van der Waals surface area contributed by atoms with Gasteiger partial charge in [-0.1, -0.05) is 0 Å². The third-order valence-corrected chi connectivity index (χ3v) is 4.00. The third kappa shape index (κ3) is 2.63. The minimum Gasteiger partial charge on any atom is -0.493 e. The van der Waals surface area contributed by atoms with Crippen LogP contribution in [0.4, 0.5) is 0 Å². The van der Waals surface area contributed by atoms with Gasteiger partial charge in [-0.2, -0.15) is 0 Å². The zero-order valence-electron chi connectivity index (χ0n) is 12.2. The van der Waals surface area contributed by atoms with Gasteiger partial charge in [-0.3, -0.25) is 0 Å². The second-order valence-electron chi connectivity index (χ2n) is 5.71. The predicted octanol–water partition coefficient (Wildman–Crippen LogP) is 2.59. The van der Waals surface area contributed by atoms with Gasteiger partial charge in [-0.05, 0) is 38.8 Å². The molecular weight excluding hydrogens is 254 g/mol. The van der Waals surface area contributed by atoms with Gasteiger partial charge in [-0.25, -0.2) is 0 Å². The van der Waals surface area contributed by atoms with E-state index in [0.29, 0.717) is 13.2 Å². The average molecular weight is 277 g/mol. The highest BCUT2D eigenvalue weighted by Gasteiger charge is 2.28. The lowest BCUT2D eigenvalue weighted by atomic mass is 9.95. The second kappa shape index (κ2) is 5.62. The van der Waals surface area contributed by atoms with Gasteiger partial charge < -0.3 is 19.9 Å². The molecule has 4 heteroatoms. The summed E-state index contributed by atoms with van der Waals surface area (Å²) in [5.41, 5.74) is 8.37. The molecular formula is C16H23NO3. The van der Waals surface area contributed by atoms with E-state index in [2.05, 4.69) is 19.1 Å². The normalized spacial score (nSPS) is 28.9. The minimum atomic E-state index is 0.0186. The van der Waals surface area contributed by atoms with Crippen molar-refractivity contribution in [2.45, 2.75) is 51.4 Å². The molecule has 1 fully saturated rings. The van der Waals surface area contributed by atoms with Crippen molar-refractivity contribution in [2.24, 2.45) is 5.73 Å². The molecule has 110 valence electrons. The fourth-order valence-electron chi connectivity index (χ4n) is 3.03. The molecule has 3 atom stereocenters. The molecule has 0 spiro atoms. The van der Waals surface area contributed by atoms with Gasteiger partial charge in [0.15, 0.2) is 0 Å². The van der Waals surface area contributed by atoms with Crippen LogP contribution in [-0.2, 0) is 11.2 Å². The highest BCUT2D eigenvalue weighted by molar-refractivity contribution is 5.49. The van der Waals surface area contributed by atoms with Gasteiger partial charge in [-0.15, -0.1) is 0 Å². The van der Waals surface area contributed by atoms with E-state index in [0.717, 1.165) is 36.3 Å². The SMILES string of the molecule is CCOc1cc2c(cc1C1CC(N)CCO1)OC(C)C2. The molecule has 0 amide bonds. The monoisotopic (exact) mass is 277 g/mol. The first kappa shape index (κ1) is 13.7. The van der Waals surface area contributed by atoms with Gasteiger partial charge in [0.05, 0.1) is 12.7 Å². The van der Waals surface area contributed by atoms with Crippen molar-refractivity contribution in [3.8, 4) is 11.5 Å². The molecule has 2 aliphatic rings. The Morgan fingerprint density at radius 1 is 1.40 bits per heavy atom. The van der Waals surface area contributed by atoms with Gasteiger partial charge in [0.1, 0.15) is 17.6 Å². The van der Waals surface area contributed by atoms with Crippen LogP contribution in [0.1, 0.15) is 43.9 Å². The lowest BCUT2D eigenvalue weighted by Gasteiger charge is -2.29. The van der Waals surface area contributed by atoms with E-state index in [9.17, 15) is 0 Å². The number of hydrogen-bond donors (Lipinski definition) is 1. The van der Waals surface area contributed by atoms with Crippen molar-refractivity contribution in [3.63, 3.8) is 0 Å². The fraction of sp³-hybridized carbons (Fsp3) is 0.625. The van der Waals surface area contributed by atoms with Crippen molar-refractivity contribution in [3.05, 3.63) is 23.3 Å². The summed E-state index contributed by atoms with van der Waals surface area (Å²) < 4.78 is 17.6. The molecule has 1 aromatic rings. The summed E-state index contributed by atoms with van der Waals surface area (Å²) in [6, 6.07) is 4.41. The van der Waals surface area contributed by atoms with Gasteiger partial charge in [0.25, 0.3) is 0 Å². The number of hydrogen-bond acceptors (Lipinski definition) is 4. The molecule has 0 radical (unpaired) electrons. The molecule has 0 bridgehead atoms. The van der Waals surface area contributed by atoms with Crippen LogP contribution in [0.15, 0.2) is 12.1 Å². The second-order valence-corrected chi connectivity index (χ2v) is 5.71. The standard InChI is InChI=1S/C16H23NO3/c1-3-18-15-7-11-6-10(2)20-14(11)9-13(15)16-8-12(17)4-5-19-16/h7,9-10,12,16H,3-6,8,17H2,1-2H3. The van der Waals surface area contributed by atoms with Crippen LogP contribution in [0.5, 0.6) is 11.5 Å². The summed E-state index contributed by atoms with van der Waals surface area (Å²) in [7, 11) is 0. The van der Waals surface area contributed by atoms with Crippen LogP contribution in [0.25, 0.3) is 0 Å². The van der Waals surface area contributed by atoms with E-state index in [1.54, 1.807) is 0 Å². The summed E-state index contributed by atoms with van der Waals surface area (Å²) >= 11 is 0. The lowest BCUT2D eigenvalue weighted by molar-refractivity contribution is 0.00503. The largest absolute Gasteiger partial charge is 0.493 e. The van der Waals surface area contributed by atoms with E-state index in [1.165, 1.54) is 5.56 Å². The van der Waals surface area contributed by atoms with Crippen molar-refractivity contribution in [1.29, 1.82) is 0 Å². The third-order valence-electron chi connectivity index (χ3n) is 4.00. The van der Waals surface area contributed by atoms with Crippen molar-refractivity contribution >= 4 is 0 Å². The van der Waals surface area contributed by atoms with E-state index >= 15 is 0 Å². The quantitative estimate of drug-likeness (QED) is 0.922. The van der Waals surface area contributed by atoms with Crippen LogP contribution in [0, 0.1) is 0 Å². The molecule has 2 heterocycles. The molecule has 0 saturated carbocycles. The highest BCUT2D eigenvalue weighted by atomic mass is 16.5. The van der Waals surface area contributed by atoms with Gasteiger partial charge in [0, 0.05) is 30.2 Å². The Bertz CT molecular complexity index is 489. The lowest BCUT2D eigenvalue weighted by Crippen LogP contribution is -2.30. The molecule has 3 unspecified atom stereocenters. The molecule has 3 rings (SSSR count). The maximum Gasteiger partial charge on any atom is 0.125 e. The minimum absolute atomic E-state index is 0.0186. The van der Waals surface area contributed by atoms with E-state index in [-0.39, 0.29) is 18.2 Å². The Balaban J connectivity index is 1.93. The van der Waals surface area contributed by atoms with Crippen LogP contribution < -0.4 is 15.2 Å². The molecule has 20 heavy (non-hydrogen) atoms. The first-order valence-corrected chi connectivity index (χ1v) is 7.50. The molecule has 2 aliphatic heterocycles. The Morgan fingerprint density at radius 2 is 2.25 bits per heavy atom.